The predicted molar refractivity (Wildman–Crippen MR) is 103 cm³/mol. The van der Waals surface area contributed by atoms with Gasteiger partial charge in [0.05, 0.1) is 0 Å². The Kier molecular flexibility index (Phi) is 5.26. The van der Waals surface area contributed by atoms with Crippen molar-refractivity contribution in [3.05, 3.63) is 65.2 Å². The van der Waals surface area contributed by atoms with Gasteiger partial charge < -0.3 is 15.5 Å². The van der Waals surface area contributed by atoms with Crippen LogP contribution in [0.5, 0.6) is 0 Å². The molecule has 5 nitrogen and oxygen atoms in total. The van der Waals surface area contributed by atoms with Gasteiger partial charge in [-0.15, -0.1) is 0 Å². The molecule has 0 saturated carbocycles. The van der Waals surface area contributed by atoms with E-state index in [0.717, 1.165) is 0 Å². The SMILES string of the molecule is CC(C)C(C)NC(=O)c1ccc(NC(=O)N2Cc3ccccc3C2)cc1. The first kappa shape index (κ1) is 18.0. The first-order chi connectivity index (χ1) is 12.4. The van der Waals surface area contributed by atoms with Crippen molar-refractivity contribution in [1.29, 1.82) is 0 Å². The highest BCUT2D eigenvalue weighted by Gasteiger charge is 2.22. The van der Waals surface area contributed by atoms with Crippen LogP contribution in [0.2, 0.25) is 0 Å². The van der Waals surface area contributed by atoms with Crippen LogP contribution in [0.4, 0.5) is 10.5 Å². The zero-order chi connectivity index (χ0) is 18.7. The number of anilines is 1. The second kappa shape index (κ2) is 7.60. The van der Waals surface area contributed by atoms with Gasteiger partial charge in [0.15, 0.2) is 0 Å². The van der Waals surface area contributed by atoms with E-state index in [1.165, 1.54) is 11.1 Å². The number of benzene rings is 2. The van der Waals surface area contributed by atoms with E-state index < -0.39 is 0 Å². The minimum absolute atomic E-state index is 0.0981. The Hall–Kier alpha value is -2.82. The van der Waals surface area contributed by atoms with Gasteiger partial charge in [0, 0.05) is 30.4 Å². The van der Waals surface area contributed by atoms with E-state index in [4.69, 9.17) is 0 Å². The van der Waals surface area contributed by atoms with Gasteiger partial charge >= 0.3 is 6.03 Å². The molecule has 1 heterocycles. The molecule has 0 aromatic heterocycles. The molecule has 5 heteroatoms. The topological polar surface area (TPSA) is 61.4 Å². The molecule has 3 rings (SSSR count). The summed E-state index contributed by atoms with van der Waals surface area (Å²) in [5.74, 6) is 0.279. The molecule has 3 amide bonds. The zero-order valence-corrected chi connectivity index (χ0v) is 15.5. The fourth-order valence-corrected chi connectivity index (χ4v) is 2.84. The highest BCUT2D eigenvalue weighted by atomic mass is 16.2. The summed E-state index contributed by atoms with van der Waals surface area (Å²) in [6.07, 6.45) is 0. The molecule has 0 aliphatic carbocycles. The van der Waals surface area contributed by atoms with Crippen LogP contribution in [0.15, 0.2) is 48.5 Å². The van der Waals surface area contributed by atoms with Crippen molar-refractivity contribution in [1.82, 2.24) is 10.2 Å². The number of rotatable bonds is 4. The third-order valence-corrected chi connectivity index (χ3v) is 4.89. The summed E-state index contributed by atoms with van der Waals surface area (Å²) in [5.41, 5.74) is 3.64. The quantitative estimate of drug-likeness (QED) is 0.874. The molecule has 136 valence electrons. The molecule has 2 aromatic carbocycles. The van der Waals surface area contributed by atoms with Crippen LogP contribution in [0, 0.1) is 5.92 Å². The van der Waals surface area contributed by atoms with Crippen molar-refractivity contribution in [2.45, 2.75) is 39.9 Å². The predicted octanol–water partition coefficient (Wildman–Crippen LogP) is 4.01. The number of hydrogen-bond acceptors (Lipinski definition) is 2. The molecule has 0 radical (unpaired) electrons. The van der Waals surface area contributed by atoms with Crippen molar-refractivity contribution in [2.75, 3.05) is 5.32 Å². The Labute approximate surface area is 154 Å². The summed E-state index contributed by atoms with van der Waals surface area (Å²) in [6.45, 7) is 7.37. The van der Waals surface area contributed by atoms with Gasteiger partial charge in [-0.2, -0.15) is 0 Å². The lowest BCUT2D eigenvalue weighted by Crippen LogP contribution is -2.36. The Morgan fingerprint density at radius 2 is 1.50 bits per heavy atom. The average molecular weight is 351 g/mol. The molecule has 1 unspecified atom stereocenters. The number of hydrogen-bond donors (Lipinski definition) is 2. The van der Waals surface area contributed by atoms with E-state index in [1.54, 1.807) is 29.2 Å². The number of nitrogens with zero attached hydrogens (tertiary/aromatic N) is 1. The monoisotopic (exact) mass is 351 g/mol. The third kappa shape index (κ3) is 4.04. The van der Waals surface area contributed by atoms with Crippen molar-refractivity contribution in [3.8, 4) is 0 Å². The maximum atomic E-state index is 12.5. The minimum Gasteiger partial charge on any atom is -0.349 e. The molecule has 0 fully saturated rings. The van der Waals surface area contributed by atoms with Gasteiger partial charge in [0.2, 0.25) is 0 Å². The van der Waals surface area contributed by atoms with Crippen LogP contribution in [-0.2, 0) is 13.1 Å². The van der Waals surface area contributed by atoms with Crippen LogP contribution >= 0.6 is 0 Å². The summed E-state index contributed by atoms with van der Waals surface area (Å²) in [4.78, 5) is 26.5. The summed E-state index contributed by atoms with van der Waals surface area (Å²) in [5, 5.41) is 5.88. The van der Waals surface area contributed by atoms with Gasteiger partial charge in [-0.25, -0.2) is 4.79 Å². The van der Waals surface area contributed by atoms with E-state index >= 15 is 0 Å². The van der Waals surface area contributed by atoms with Crippen LogP contribution < -0.4 is 10.6 Å². The number of fused-ring (bicyclic) bond motifs is 1. The molecule has 26 heavy (non-hydrogen) atoms. The number of carbonyl (C=O) groups is 2. The van der Waals surface area contributed by atoms with Crippen LogP contribution in [0.25, 0.3) is 0 Å². The van der Waals surface area contributed by atoms with Gasteiger partial charge in [0.25, 0.3) is 5.91 Å². The Morgan fingerprint density at radius 1 is 0.923 bits per heavy atom. The molecule has 2 aromatic rings. The molecular formula is C21H25N3O2. The highest BCUT2D eigenvalue weighted by Crippen LogP contribution is 2.23. The van der Waals surface area contributed by atoms with Gasteiger partial charge in [-0.05, 0) is 48.2 Å². The Morgan fingerprint density at radius 3 is 2.04 bits per heavy atom. The van der Waals surface area contributed by atoms with Gasteiger partial charge in [-0.1, -0.05) is 38.1 Å². The summed E-state index contributed by atoms with van der Waals surface area (Å²) in [7, 11) is 0. The minimum atomic E-state index is -0.133. The van der Waals surface area contributed by atoms with Crippen molar-refractivity contribution < 1.29 is 9.59 Å². The number of amides is 3. The highest BCUT2D eigenvalue weighted by molar-refractivity contribution is 5.95. The van der Waals surface area contributed by atoms with Crippen molar-refractivity contribution in [3.63, 3.8) is 0 Å². The lowest BCUT2D eigenvalue weighted by Gasteiger charge is -2.18. The zero-order valence-electron chi connectivity index (χ0n) is 15.5. The molecule has 1 atom stereocenters. The lowest BCUT2D eigenvalue weighted by molar-refractivity contribution is 0.0930. The molecule has 0 spiro atoms. The lowest BCUT2D eigenvalue weighted by atomic mass is 10.1. The van der Waals surface area contributed by atoms with E-state index in [9.17, 15) is 9.59 Å². The molecule has 1 aliphatic rings. The van der Waals surface area contributed by atoms with E-state index in [-0.39, 0.29) is 18.0 Å². The summed E-state index contributed by atoms with van der Waals surface area (Å²) in [6, 6.07) is 15.0. The maximum absolute atomic E-state index is 12.5. The molecule has 0 bridgehead atoms. The second-order valence-electron chi connectivity index (χ2n) is 7.14. The van der Waals surface area contributed by atoms with Crippen LogP contribution in [-0.4, -0.2) is 22.9 Å². The van der Waals surface area contributed by atoms with E-state index in [2.05, 4.69) is 24.5 Å². The molecule has 0 saturated heterocycles. The number of nitrogens with one attached hydrogen (secondary N) is 2. The van der Waals surface area contributed by atoms with E-state index in [0.29, 0.717) is 30.3 Å². The van der Waals surface area contributed by atoms with Gasteiger partial charge in [-0.3, -0.25) is 4.79 Å². The maximum Gasteiger partial charge on any atom is 0.322 e. The van der Waals surface area contributed by atoms with Crippen LogP contribution in [0.3, 0.4) is 0 Å². The summed E-state index contributed by atoms with van der Waals surface area (Å²) >= 11 is 0. The Balaban J connectivity index is 1.58. The standard InChI is InChI=1S/C21H25N3O2/c1-14(2)15(3)22-20(25)16-8-10-19(11-9-16)23-21(26)24-12-17-6-4-5-7-18(17)13-24/h4-11,14-15H,12-13H2,1-3H3,(H,22,25)(H,23,26). The second-order valence-corrected chi connectivity index (χ2v) is 7.14. The van der Waals surface area contributed by atoms with Crippen molar-refractivity contribution >= 4 is 17.6 Å². The van der Waals surface area contributed by atoms with E-state index in [1.807, 2.05) is 31.2 Å². The largest absolute Gasteiger partial charge is 0.349 e. The molecule has 1 aliphatic heterocycles. The number of carbonyl (C=O) groups excluding carboxylic acids is 2. The average Bonchev–Trinajstić information content (AvgIpc) is 3.06. The summed E-state index contributed by atoms with van der Waals surface area (Å²) < 4.78 is 0. The first-order valence-corrected chi connectivity index (χ1v) is 8.97. The number of urea groups is 1. The fourth-order valence-electron chi connectivity index (χ4n) is 2.84. The fraction of sp³-hybridized carbons (Fsp3) is 0.333. The van der Waals surface area contributed by atoms with Crippen molar-refractivity contribution in [2.24, 2.45) is 5.92 Å². The third-order valence-electron chi connectivity index (χ3n) is 4.89. The Bertz CT molecular complexity index is 774. The van der Waals surface area contributed by atoms with Gasteiger partial charge in [0.1, 0.15) is 0 Å². The normalized spacial score (nSPS) is 14.1. The van der Waals surface area contributed by atoms with Crippen LogP contribution in [0.1, 0.15) is 42.3 Å². The molecular weight excluding hydrogens is 326 g/mol. The smallest absolute Gasteiger partial charge is 0.322 e. The first-order valence-electron chi connectivity index (χ1n) is 8.97. The molecule has 2 N–H and O–H groups in total.